The molecule has 0 spiro atoms. The van der Waals surface area contributed by atoms with E-state index in [2.05, 4.69) is 31.4 Å². The molecule has 57 valence electrons. The van der Waals surface area contributed by atoms with Gasteiger partial charge in [-0.25, -0.2) is 0 Å². The Morgan fingerprint density at radius 2 is 2.00 bits per heavy atom. The van der Waals surface area contributed by atoms with Gasteiger partial charge in [-0.15, -0.1) is 0 Å². The largest absolute Gasteiger partial charge is 0.333 e. The van der Waals surface area contributed by atoms with Crippen LogP contribution in [0.1, 0.15) is 20.8 Å². The van der Waals surface area contributed by atoms with Gasteiger partial charge < -0.3 is 5.32 Å². The van der Waals surface area contributed by atoms with Crippen molar-refractivity contribution < 1.29 is 4.79 Å². The molecule has 3 nitrogen and oxygen atoms in total. The zero-order chi connectivity index (χ0) is 7.78. The van der Waals surface area contributed by atoms with Crippen LogP contribution in [-0.4, -0.2) is 12.5 Å². The molecule has 1 fully saturated rings. The molecule has 1 rings (SSSR count). The van der Waals surface area contributed by atoms with Crippen LogP contribution in [0.2, 0.25) is 0 Å². The predicted octanol–water partition coefficient (Wildman–Crippen LogP) is 0.241. The van der Waals surface area contributed by atoms with E-state index in [0.29, 0.717) is 6.54 Å². The number of hydrogen-bond donors (Lipinski definition) is 2. The molecule has 0 saturated carbocycles. The van der Waals surface area contributed by atoms with Gasteiger partial charge in [-0.1, -0.05) is 20.8 Å². The maximum absolute atomic E-state index is 10.7. The van der Waals surface area contributed by atoms with Gasteiger partial charge in [0.25, 0.3) is 0 Å². The summed E-state index contributed by atoms with van der Waals surface area (Å²) in [4.78, 5) is 10.7. The van der Waals surface area contributed by atoms with Gasteiger partial charge in [0.15, 0.2) is 0 Å². The smallest absolute Gasteiger partial charge is 0.235 e. The third-order valence-electron chi connectivity index (χ3n) is 1.44. The van der Waals surface area contributed by atoms with Crippen molar-refractivity contribution in [3.63, 3.8) is 0 Å². The summed E-state index contributed by atoms with van der Waals surface area (Å²) in [5.74, 6) is 0.0601. The SMILES string of the molecule is CC(C)(C)[C]1NCC(=O)N1. The molecule has 1 aliphatic heterocycles. The van der Waals surface area contributed by atoms with Crippen molar-refractivity contribution in [1.29, 1.82) is 0 Å². The van der Waals surface area contributed by atoms with Crippen molar-refractivity contribution in [1.82, 2.24) is 10.6 Å². The quantitative estimate of drug-likeness (QED) is 0.507. The fourth-order valence-corrected chi connectivity index (χ4v) is 0.849. The Labute approximate surface area is 61.2 Å². The maximum Gasteiger partial charge on any atom is 0.235 e. The molecule has 0 aliphatic carbocycles. The number of amides is 1. The Kier molecular flexibility index (Phi) is 1.68. The van der Waals surface area contributed by atoms with Crippen molar-refractivity contribution in [3.8, 4) is 0 Å². The molecule has 0 aromatic heterocycles. The normalized spacial score (nSPS) is 21.3. The van der Waals surface area contributed by atoms with Crippen LogP contribution in [0.25, 0.3) is 0 Å². The fourth-order valence-electron chi connectivity index (χ4n) is 0.849. The summed E-state index contributed by atoms with van der Waals surface area (Å²) in [6, 6.07) is 0. The second kappa shape index (κ2) is 2.23. The lowest BCUT2D eigenvalue weighted by molar-refractivity contribution is -0.118. The summed E-state index contributed by atoms with van der Waals surface area (Å²) < 4.78 is 0. The van der Waals surface area contributed by atoms with Crippen LogP contribution >= 0.6 is 0 Å². The summed E-state index contributed by atoms with van der Waals surface area (Å²) in [5.41, 5.74) is 0.0339. The van der Waals surface area contributed by atoms with Crippen molar-refractivity contribution >= 4 is 5.91 Å². The van der Waals surface area contributed by atoms with Crippen molar-refractivity contribution in [2.75, 3.05) is 6.54 Å². The number of carbonyl (C=O) groups is 1. The molecule has 1 aliphatic rings. The standard InChI is InChI=1S/C7H13N2O/c1-7(2,3)6-8-4-5(10)9-6/h8H,4H2,1-3H3,(H,9,10). The van der Waals surface area contributed by atoms with E-state index < -0.39 is 0 Å². The second-order valence-electron chi connectivity index (χ2n) is 3.53. The van der Waals surface area contributed by atoms with Crippen LogP contribution in [0.3, 0.4) is 0 Å². The van der Waals surface area contributed by atoms with Crippen LogP contribution in [0, 0.1) is 11.6 Å². The average molecular weight is 141 g/mol. The van der Waals surface area contributed by atoms with E-state index in [1.54, 1.807) is 0 Å². The Hall–Kier alpha value is -0.570. The minimum Gasteiger partial charge on any atom is -0.333 e. The van der Waals surface area contributed by atoms with Crippen LogP contribution in [0.5, 0.6) is 0 Å². The topological polar surface area (TPSA) is 41.1 Å². The third-order valence-corrected chi connectivity index (χ3v) is 1.44. The molecule has 0 aromatic carbocycles. The van der Waals surface area contributed by atoms with Gasteiger partial charge in [-0.3, -0.25) is 10.1 Å². The first-order valence-corrected chi connectivity index (χ1v) is 3.41. The highest BCUT2D eigenvalue weighted by Gasteiger charge is 2.31. The molecule has 0 aromatic rings. The van der Waals surface area contributed by atoms with E-state index in [0.717, 1.165) is 6.17 Å². The molecule has 1 saturated heterocycles. The van der Waals surface area contributed by atoms with Gasteiger partial charge in [0.05, 0.1) is 6.54 Å². The van der Waals surface area contributed by atoms with Crippen LogP contribution in [0.15, 0.2) is 0 Å². The number of nitrogens with one attached hydrogen (secondary N) is 2. The fraction of sp³-hybridized carbons (Fsp3) is 0.714. The monoisotopic (exact) mass is 141 g/mol. The second-order valence-corrected chi connectivity index (χ2v) is 3.53. The Morgan fingerprint density at radius 1 is 1.40 bits per heavy atom. The van der Waals surface area contributed by atoms with E-state index in [4.69, 9.17) is 0 Å². The third kappa shape index (κ3) is 1.48. The molecule has 10 heavy (non-hydrogen) atoms. The molecule has 1 heterocycles. The van der Waals surface area contributed by atoms with Crippen LogP contribution in [-0.2, 0) is 4.79 Å². The van der Waals surface area contributed by atoms with E-state index >= 15 is 0 Å². The minimum absolute atomic E-state index is 0.0339. The van der Waals surface area contributed by atoms with Gasteiger partial charge in [0, 0.05) is 5.41 Å². The highest BCUT2D eigenvalue weighted by Crippen LogP contribution is 2.24. The predicted molar refractivity (Wildman–Crippen MR) is 38.8 cm³/mol. The molecule has 2 N–H and O–H groups in total. The number of carbonyl (C=O) groups excluding carboxylic acids is 1. The average Bonchev–Trinajstić information content (AvgIpc) is 2.11. The lowest BCUT2D eigenvalue weighted by atomic mass is 9.93. The zero-order valence-corrected chi connectivity index (χ0v) is 6.62. The summed E-state index contributed by atoms with van der Waals surface area (Å²) >= 11 is 0. The number of hydrogen-bond acceptors (Lipinski definition) is 2. The van der Waals surface area contributed by atoms with Crippen molar-refractivity contribution in [2.45, 2.75) is 20.8 Å². The van der Waals surface area contributed by atoms with E-state index in [-0.39, 0.29) is 11.3 Å². The van der Waals surface area contributed by atoms with Gasteiger partial charge in [-0.2, -0.15) is 0 Å². The van der Waals surface area contributed by atoms with Crippen LogP contribution < -0.4 is 10.6 Å². The Balaban J connectivity index is 2.53. The van der Waals surface area contributed by atoms with Crippen molar-refractivity contribution in [3.05, 3.63) is 6.17 Å². The minimum atomic E-state index is 0.0339. The molecule has 1 radical (unpaired) electrons. The zero-order valence-electron chi connectivity index (χ0n) is 6.62. The molecular formula is C7H13N2O. The molecular weight excluding hydrogens is 128 g/mol. The Morgan fingerprint density at radius 3 is 2.20 bits per heavy atom. The summed E-state index contributed by atoms with van der Waals surface area (Å²) in [6.45, 7) is 6.59. The first-order chi connectivity index (χ1) is 4.50. The van der Waals surface area contributed by atoms with Crippen LogP contribution in [0.4, 0.5) is 0 Å². The Bertz CT molecular complexity index is 148. The number of rotatable bonds is 0. The highest BCUT2D eigenvalue weighted by molar-refractivity contribution is 5.82. The van der Waals surface area contributed by atoms with E-state index in [9.17, 15) is 4.79 Å². The van der Waals surface area contributed by atoms with Gasteiger partial charge in [-0.05, 0) is 0 Å². The first kappa shape index (κ1) is 7.54. The maximum atomic E-state index is 10.7. The van der Waals surface area contributed by atoms with E-state index in [1.165, 1.54) is 0 Å². The van der Waals surface area contributed by atoms with Gasteiger partial charge >= 0.3 is 0 Å². The summed E-state index contributed by atoms with van der Waals surface area (Å²) in [7, 11) is 0. The molecule has 3 heteroatoms. The molecule has 0 atom stereocenters. The van der Waals surface area contributed by atoms with Gasteiger partial charge in [0.2, 0.25) is 5.91 Å². The molecule has 1 amide bonds. The molecule has 0 bridgehead atoms. The highest BCUT2D eigenvalue weighted by atomic mass is 16.2. The lowest BCUT2D eigenvalue weighted by Crippen LogP contribution is -2.34. The van der Waals surface area contributed by atoms with E-state index in [1.807, 2.05) is 0 Å². The van der Waals surface area contributed by atoms with Crippen molar-refractivity contribution in [2.24, 2.45) is 5.41 Å². The van der Waals surface area contributed by atoms with Gasteiger partial charge in [0.1, 0.15) is 6.17 Å². The summed E-state index contributed by atoms with van der Waals surface area (Å²) in [6.07, 6.45) is 0.928. The first-order valence-electron chi connectivity index (χ1n) is 3.41. The lowest BCUT2D eigenvalue weighted by Gasteiger charge is -2.24. The molecule has 0 unspecified atom stereocenters. The summed E-state index contributed by atoms with van der Waals surface area (Å²) in [5, 5.41) is 5.76.